The predicted octanol–water partition coefficient (Wildman–Crippen LogP) is 1.69. The average molecular weight is 123 g/mol. The summed E-state index contributed by atoms with van der Waals surface area (Å²) in [6.45, 7) is 1.56. The summed E-state index contributed by atoms with van der Waals surface area (Å²) in [5.74, 6) is 0.301. The minimum absolute atomic E-state index is 0.00977. The van der Waals surface area contributed by atoms with Gasteiger partial charge in [-0.1, -0.05) is 4.57 Å². The third-order valence-corrected chi connectivity index (χ3v) is 2.31. The van der Waals surface area contributed by atoms with E-state index in [-0.39, 0.29) is 8.46 Å². The monoisotopic (exact) mass is 123 g/mol. The highest BCUT2D eigenvalue weighted by atomic mass is 31.1. The van der Waals surface area contributed by atoms with Crippen molar-refractivity contribution < 1.29 is 9.13 Å². The summed E-state index contributed by atoms with van der Waals surface area (Å²) in [6, 6.07) is 0. The van der Waals surface area contributed by atoms with E-state index in [4.69, 9.17) is 0 Å². The maximum Gasteiger partial charge on any atom is 0.347 e. The topological polar surface area (TPSA) is 34.1 Å². The van der Waals surface area contributed by atoms with Crippen molar-refractivity contribution in [2.45, 2.75) is 0 Å². The molecule has 0 rings (SSSR count). The number of rotatable bonds is 2. The summed E-state index contributed by atoms with van der Waals surface area (Å²) in [5.41, 5.74) is 0. The van der Waals surface area contributed by atoms with E-state index in [1.807, 2.05) is 0 Å². The molecule has 34 valence electrons. The zero-order chi connectivity index (χ0) is 4.99. The van der Waals surface area contributed by atoms with E-state index in [1.54, 1.807) is 6.66 Å². The molecule has 0 aliphatic heterocycles. The Bertz CT molecular complexity index is 69.9. The Morgan fingerprint density at radius 2 is 2.33 bits per heavy atom. The summed E-state index contributed by atoms with van der Waals surface area (Å²) < 4.78 is 19.5. The van der Waals surface area contributed by atoms with Crippen LogP contribution in [0.3, 0.4) is 0 Å². The van der Waals surface area contributed by atoms with Crippen LogP contribution in [0.5, 0.6) is 0 Å². The third kappa shape index (κ3) is 4.20. The van der Waals surface area contributed by atoms with Gasteiger partial charge >= 0.3 is 7.80 Å². The molecule has 1 atom stereocenters. The molecule has 0 aliphatic rings. The molecule has 0 aliphatic carbocycles. The highest BCUT2D eigenvalue weighted by Crippen LogP contribution is 2.18. The van der Waals surface area contributed by atoms with E-state index >= 15 is 0 Å². The van der Waals surface area contributed by atoms with Gasteiger partial charge in [0.25, 0.3) is 0 Å². The fraction of sp³-hybridized carbons (Fsp3) is 1.00. The van der Waals surface area contributed by atoms with Gasteiger partial charge in [-0.2, -0.15) is 0 Å². The molecule has 0 radical (unpaired) electrons. The van der Waals surface area contributed by atoms with Gasteiger partial charge in [-0.25, -0.2) is 0 Å². The smallest absolute Gasteiger partial charge is 0.270 e. The van der Waals surface area contributed by atoms with Gasteiger partial charge in [-0.05, 0) is 0 Å². The Morgan fingerprint density at radius 1 is 1.83 bits per heavy atom. The van der Waals surface area contributed by atoms with Crippen LogP contribution in [0.4, 0.5) is 0 Å². The summed E-state index contributed by atoms with van der Waals surface area (Å²) in [5, 5.41) is 0. The van der Waals surface area contributed by atoms with E-state index in [9.17, 15) is 9.13 Å². The maximum atomic E-state index is 9.98. The van der Waals surface area contributed by atoms with Crippen molar-refractivity contribution in [1.29, 1.82) is 0 Å². The van der Waals surface area contributed by atoms with Crippen molar-refractivity contribution in [3.63, 3.8) is 0 Å². The van der Waals surface area contributed by atoms with Crippen LogP contribution in [0, 0.1) is 0 Å². The Kier molecular flexibility index (Phi) is 3.51. The average Bonchev–Trinajstić information content (AvgIpc) is 1.35. The van der Waals surface area contributed by atoms with Crippen LogP contribution in [-0.4, -0.2) is 12.6 Å². The lowest BCUT2D eigenvalue weighted by atomic mass is 11.9. The first-order chi connectivity index (χ1) is 2.77. The van der Waals surface area contributed by atoms with Crippen molar-refractivity contribution in [1.82, 2.24) is 0 Å². The van der Waals surface area contributed by atoms with Crippen molar-refractivity contribution >= 4 is 16.3 Å². The lowest BCUT2D eigenvalue weighted by molar-refractivity contribution is 0.590. The minimum atomic E-state index is -1.18. The van der Waals surface area contributed by atoms with Crippen LogP contribution in [-0.2, 0) is 9.13 Å². The molecule has 0 N–H and O–H groups in total. The summed E-state index contributed by atoms with van der Waals surface area (Å²) in [4.78, 5) is 0. The SMILES string of the molecule is C[P+](=O)CP=O. The Labute approximate surface area is 38.9 Å². The zero-order valence-corrected chi connectivity index (χ0v) is 5.21. The molecular formula is C2H5O2P2+. The summed E-state index contributed by atoms with van der Waals surface area (Å²) in [6.07, 6.45) is 0. The first-order valence-electron chi connectivity index (χ1n) is 1.44. The molecule has 1 unspecified atom stereocenters. The van der Waals surface area contributed by atoms with Gasteiger partial charge in [-0.15, -0.1) is 0 Å². The third-order valence-electron chi connectivity index (χ3n) is 0.257. The molecule has 2 nitrogen and oxygen atoms in total. The van der Waals surface area contributed by atoms with Gasteiger partial charge in [0.05, 0.1) is 0 Å². The second-order valence-corrected chi connectivity index (χ2v) is 3.54. The Hall–Kier alpha value is 0.200. The highest BCUT2D eigenvalue weighted by Gasteiger charge is 2.00. The molecule has 6 heavy (non-hydrogen) atoms. The lowest BCUT2D eigenvalue weighted by Crippen LogP contribution is -1.51. The fourth-order valence-electron chi connectivity index (χ4n) is 0.0813. The second kappa shape index (κ2) is 3.39. The minimum Gasteiger partial charge on any atom is -0.270 e. The molecule has 0 aromatic rings. The molecule has 0 aromatic heterocycles. The second-order valence-electron chi connectivity index (χ2n) is 0.898. The molecule has 0 fully saturated rings. The molecule has 0 bridgehead atoms. The maximum absolute atomic E-state index is 9.98. The molecule has 0 amide bonds. The Morgan fingerprint density at radius 3 is 2.33 bits per heavy atom. The first kappa shape index (κ1) is 6.20. The van der Waals surface area contributed by atoms with E-state index < -0.39 is 7.80 Å². The predicted molar refractivity (Wildman–Crippen MR) is 26.0 cm³/mol. The van der Waals surface area contributed by atoms with E-state index in [0.29, 0.717) is 5.90 Å². The Balaban J connectivity index is 3.05. The zero-order valence-electron chi connectivity index (χ0n) is 3.42. The molecular weight excluding hydrogens is 118 g/mol. The van der Waals surface area contributed by atoms with Gasteiger partial charge < -0.3 is 0 Å². The summed E-state index contributed by atoms with van der Waals surface area (Å²) >= 11 is 0. The molecule has 4 heteroatoms. The van der Waals surface area contributed by atoms with Gasteiger partial charge in [-0.3, -0.25) is 4.57 Å². The van der Waals surface area contributed by atoms with E-state index in [0.717, 1.165) is 0 Å². The van der Waals surface area contributed by atoms with Crippen molar-refractivity contribution in [2.75, 3.05) is 12.6 Å². The van der Waals surface area contributed by atoms with Gasteiger partial charge in [0.1, 0.15) is 6.66 Å². The van der Waals surface area contributed by atoms with Crippen LogP contribution in [0.1, 0.15) is 0 Å². The van der Waals surface area contributed by atoms with Crippen LogP contribution in [0.15, 0.2) is 0 Å². The lowest BCUT2D eigenvalue weighted by Gasteiger charge is -1.55. The molecule has 0 saturated carbocycles. The number of hydrogen-bond donors (Lipinski definition) is 0. The van der Waals surface area contributed by atoms with Crippen molar-refractivity contribution in [2.24, 2.45) is 0 Å². The molecule has 0 heterocycles. The molecule has 0 aromatic carbocycles. The number of hydrogen-bond acceptors (Lipinski definition) is 2. The molecule has 0 saturated heterocycles. The van der Waals surface area contributed by atoms with E-state index in [1.165, 1.54) is 0 Å². The molecule has 0 spiro atoms. The largest absolute Gasteiger partial charge is 0.347 e. The van der Waals surface area contributed by atoms with Crippen molar-refractivity contribution in [3.05, 3.63) is 0 Å². The van der Waals surface area contributed by atoms with Crippen LogP contribution in [0.2, 0.25) is 0 Å². The fourth-order valence-corrected chi connectivity index (χ4v) is 0.732. The van der Waals surface area contributed by atoms with Crippen molar-refractivity contribution in [3.8, 4) is 0 Å². The van der Waals surface area contributed by atoms with Crippen LogP contribution >= 0.6 is 16.3 Å². The van der Waals surface area contributed by atoms with Gasteiger partial charge in [0.2, 0.25) is 14.4 Å². The first-order valence-corrected chi connectivity index (χ1v) is 4.33. The summed E-state index contributed by atoms with van der Waals surface area (Å²) in [7, 11) is -1.19. The van der Waals surface area contributed by atoms with Crippen LogP contribution < -0.4 is 0 Å². The quantitative estimate of drug-likeness (QED) is 0.523. The van der Waals surface area contributed by atoms with Gasteiger partial charge in [0, 0.05) is 0 Å². The standard InChI is InChI=1S/C2H5O2P2/c1-6(4)2-5-3/h2H2,1H3/q+1. The van der Waals surface area contributed by atoms with Gasteiger partial charge in [0.15, 0.2) is 0 Å². The van der Waals surface area contributed by atoms with Crippen LogP contribution in [0.25, 0.3) is 0 Å². The van der Waals surface area contributed by atoms with E-state index in [2.05, 4.69) is 0 Å². The normalized spacial score (nSPS) is 11.8. The highest BCUT2D eigenvalue weighted by molar-refractivity contribution is 7.54.